The molecule has 1 fully saturated rings. The Bertz CT molecular complexity index is 826. The number of fused-ring (bicyclic) bond motifs is 1. The number of hydrogen-bond acceptors (Lipinski definition) is 4. The summed E-state index contributed by atoms with van der Waals surface area (Å²) in [6.45, 7) is 3.23. The predicted molar refractivity (Wildman–Crippen MR) is 99.9 cm³/mol. The first-order valence-electron chi connectivity index (χ1n) is 9.35. The van der Waals surface area contributed by atoms with Gasteiger partial charge < -0.3 is 4.90 Å². The van der Waals surface area contributed by atoms with E-state index in [0.29, 0.717) is 11.8 Å². The van der Waals surface area contributed by atoms with Gasteiger partial charge in [-0.3, -0.25) is 0 Å². The molecule has 1 saturated heterocycles. The van der Waals surface area contributed by atoms with Crippen molar-refractivity contribution in [3.63, 3.8) is 0 Å². The quantitative estimate of drug-likeness (QED) is 0.713. The second-order valence-electron chi connectivity index (χ2n) is 6.80. The normalized spacial score (nSPS) is 18.0. The van der Waals surface area contributed by atoms with Crippen LogP contribution in [0.15, 0.2) is 42.7 Å². The van der Waals surface area contributed by atoms with Crippen molar-refractivity contribution in [2.24, 2.45) is 0 Å². The number of benzene rings is 1. The van der Waals surface area contributed by atoms with Crippen molar-refractivity contribution in [2.75, 3.05) is 11.4 Å². The van der Waals surface area contributed by atoms with Gasteiger partial charge in [-0.05, 0) is 44.1 Å². The number of rotatable bonds is 5. The van der Waals surface area contributed by atoms with Crippen molar-refractivity contribution in [1.82, 2.24) is 19.6 Å². The molecule has 3 aromatic rings. The van der Waals surface area contributed by atoms with Gasteiger partial charge in [0.2, 0.25) is 0 Å². The highest BCUT2D eigenvalue weighted by atomic mass is 15.4. The minimum absolute atomic E-state index is 0.550. The maximum absolute atomic E-state index is 4.59. The molecule has 2 aromatic heterocycles. The number of nitrogens with zero attached hydrogens (tertiary/aromatic N) is 5. The van der Waals surface area contributed by atoms with Gasteiger partial charge in [-0.1, -0.05) is 37.3 Å². The van der Waals surface area contributed by atoms with E-state index in [9.17, 15) is 0 Å². The van der Waals surface area contributed by atoms with E-state index in [-0.39, 0.29) is 0 Å². The Morgan fingerprint density at radius 2 is 2.04 bits per heavy atom. The predicted octanol–water partition coefficient (Wildman–Crippen LogP) is 3.68. The van der Waals surface area contributed by atoms with Crippen LogP contribution in [0.3, 0.4) is 0 Å². The molecule has 0 saturated carbocycles. The van der Waals surface area contributed by atoms with Gasteiger partial charge in [0.1, 0.15) is 12.1 Å². The molecule has 3 heterocycles. The third-order valence-electron chi connectivity index (χ3n) is 5.18. The van der Waals surface area contributed by atoms with Crippen molar-refractivity contribution in [2.45, 2.75) is 51.5 Å². The fraction of sp³-hybridized carbons (Fsp3) is 0.450. The molecule has 5 heteroatoms. The molecule has 0 spiro atoms. The zero-order valence-electron chi connectivity index (χ0n) is 14.8. The van der Waals surface area contributed by atoms with Crippen molar-refractivity contribution in [1.29, 1.82) is 0 Å². The summed E-state index contributed by atoms with van der Waals surface area (Å²) in [5.41, 5.74) is 2.51. The Morgan fingerprint density at radius 3 is 2.88 bits per heavy atom. The summed E-state index contributed by atoms with van der Waals surface area (Å²) in [5.74, 6) is 1.86. The van der Waals surface area contributed by atoms with Gasteiger partial charge in [-0.2, -0.15) is 14.6 Å². The average molecular weight is 335 g/mol. The van der Waals surface area contributed by atoms with E-state index in [2.05, 4.69) is 63.3 Å². The third kappa shape index (κ3) is 3.36. The van der Waals surface area contributed by atoms with Gasteiger partial charge in [0.15, 0.2) is 0 Å². The minimum atomic E-state index is 0.550. The van der Waals surface area contributed by atoms with Gasteiger partial charge in [0, 0.05) is 24.3 Å². The monoisotopic (exact) mass is 335 g/mol. The largest absolute Gasteiger partial charge is 0.353 e. The van der Waals surface area contributed by atoms with E-state index >= 15 is 0 Å². The summed E-state index contributed by atoms with van der Waals surface area (Å²) < 4.78 is 1.90. The summed E-state index contributed by atoms with van der Waals surface area (Å²) in [4.78, 5) is 11.4. The molecule has 0 radical (unpaired) electrons. The van der Waals surface area contributed by atoms with Crippen molar-refractivity contribution >= 4 is 11.6 Å². The fourth-order valence-electron chi connectivity index (χ4n) is 3.81. The number of aryl methyl sites for hydroxylation is 2. The number of anilines is 1. The zero-order chi connectivity index (χ0) is 17.1. The van der Waals surface area contributed by atoms with Crippen LogP contribution in [-0.4, -0.2) is 32.2 Å². The van der Waals surface area contributed by atoms with Crippen molar-refractivity contribution < 1.29 is 0 Å². The Balaban J connectivity index is 1.61. The van der Waals surface area contributed by atoms with E-state index in [1.807, 2.05) is 4.52 Å². The van der Waals surface area contributed by atoms with Crippen molar-refractivity contribution in [3.05, 3.63) is 54.0 Å². The molecule has 1 aliphatic rings. The lowest BCUT2D eigenvalue weighted by Gasteiger charge is -2.37. The molecule has 5 nitrogen and oxygen atoms in total. The highest BCUT2D eigenvalue weighted by Crippen LogP contribution is 2.28. The average Bonchev–Trinajstić information content (AvgIpc) is 3.15. The lowest BCUT2D eigenvalue weighted by molar-refractivity contribution is 0.432. The van der Waals surface area contributed by atoms with Crippen LogP contribution in [0.4, 0.5) is 5.82 Å². The summed E-state index contributed by atoms with van der Waals surface area (Å²) in [5, 5.41) is 4.42. The Labute approximate surface area is 148 Å². The van der Waals surface area contributed by atoms with Gasteiger partial charge in [0.05, 0.1) is 0 Å². The molecule has 0 N–H and O–H groups in total. The molecule has 1 unspecified atom stereocenters. The molecule has 1 aliphatic heterocycles. The Kier molecular flexibility index (Phi) is 4.63. The van der Waals surface area contributed by atoms with Crippen LogP contribution in [-0.2, 0) is 12.8 Å². The molecule has 25 heavy (non-hydrogen) atoms. The molecule has 1 aromatic carbocycles. The first kappa shape index (κ1) is 16.1. The van der Waals surface area contributed by atoms with E-state index in [4.69, 9.17) is 0 Å². The molecular formula is C20H25N5. The van der Waals surface area contributed by atoms with Crippen LogP contribution in [0.25, 0.3) is 5.78 Å². The molecule has 0 aliphatic carbocycles. The molecule has 0 bridgehead atoms. The Morgan fingerprint density at radius 1 is 1.16 bits per heavy atom. The molecular weight excluding hydrogens is 310 g/mol. The van der Waals surface area contributed by atoms with Crippen LogP contribution in [0.5, 0.6) is 0 Å². The smallest absolute Gasteiger partial charge is 0.254 e. The lowest BCUT2D eigenvalue weighted by Crippen LogP contribution is -2.41. The second kappa shape index (κ2) is 7.21. The number of aromatic nitrogens is 4. The van der Waals surface area contributed by atoms with Crippen LogP contribution in [0.2, 0.25) is 0 Å². The van der Waals surface area contributed by atoms with E-state index in [1.54, 1.807) is 6.33 Å². The lowest BCUT2D eigenvalue weighted by atomic mass is 9.95. The summed E-state index contributed by atoms with van der Waals surface area (Å²) in [6, 6.07) is 13.5. The Hall–Kier alpha value is -2.43. The summed E-state index contributed by atoms with van der Waals surface area (Å²) >= 11 is 0. The maximum Gasteiger partial charge on any atom is 0.254 e. The standard InChI is InChI=1S/C20H25N5/c1-2-17-14-19(25-20(23-17)21-15-22-25)24-13-7-6-10-18(24)12-11-16-8-4-3-5-9-16/h3-5,8-9,14-15,18H,2,6-7,10-13H2,1H3. The highest BCUT2D eigenvalue weighted by molar-refractivity contribution is 5.48. The summed E-state index contributed by atoms with van der Waals surface area (Å²) in [6.07, 6.45) is 8.60. The topological polar surface area (TPSA) is 46.3 Å². The van der Waals surface area contributed by atoms with E-state index < -0.39 is 0 Å². The van der Waals surface area contributed by atoms with Gasteiger partial charge in [-0.15, -0.1) is 0 Å². The first-order valence-corrected chi connectivity index (χ1v) is 9.35. The minimum Gasteiger partial charge on any atom is -0.353 e. The highest BCUT2D eigenvalue weighted by Gasteiger charge is 2.25. The van der Waals surface area contributed by atoms with Gasteiger partial charge in [0.25, 0.3) is 5.78 Å². The van der Waals surface area contributed by atoms with Crippen LogP contribution < -0.4 is 4.90 Å². The van der Waals surface area contributed by atoms with Crippen LogP contribution in [0.1, 0.15) is 43.9 Å². The molecule has 0 amide bonds. The SMILES string of the molecule is CCc1cc(N2CCCCC2CCc2ccccc2)n2ncnc2n1. The van der Waals surface area contributed by atoms with E-state index in [0.717, 1.165) is 30.9 Å². The van der Waals surface area contributed by atoms with Gasteiger partial charge in [-0.25, -0.2) is 4.98 Å². The number of hydrogen-bond donors (Lipinski definition) is 0. The summed E-state index contributed by atoms with van der Waals surface area (Å²) in [7, 11) is 0. The van der Waals surface area contributed by atoms with Crippen LogP contribution in [0, 0.1) is 0 Å². The number of piperidine rings is 1. The van der Waals surface area contributed by atoms with Crippen LogP contribution >= 0.6 is 0 Å². The molecule has 1 atom stereocenters. The van der Waals surface area contributed by atoms with E-state index in [1.165, 1.54) is 31.2 Å². The van der Waals surface area contributed by atoms with Gasteiger partial charge >= 0.3 is 0 Å². The zero-order valence-corrected chi connectivity index (χ0v) is 14.8. The molecule has 4 rings (SSSR count). The molecule has 130 valence electrons. The van der Waals surface area contributed by atoms with Crippen molar-refractivity contribution in [3.8, 4) is 0 Å². The fourth-order valence-corrected chi connectivity index (χ4v) is 3.81. The third-order valence-corrected chi connectivity index (χ3v) is 5.18. The first-order chi connectivity index (χ1) is 12.3. The maximum atomic E-state index is 4.59. The second-order valence-corrected chi connectivity index (χ2v) is 6.80.